The molecule has 0 N–H and O–H groups in total. The quantitative estimate of drug-likeness (QED) is 0.0343. The first-order valence-electron chi connectivity index (χ1n) is 30.6. The van der Waals surface area contributed by atoms with Crippen LogP contribution in [0.15, 0.2) is 0 Å². The maximum absolute atomic E-state index is 12.9. The monoisotopic (exact) mass is 961 g/mol. The molecule has 0 aliphatic rings. The predicted molar refractivity (Wildman–Crippen MR) is 293 cm³/mol. The molecule has 6 heteroatoms. The maximum Gasteiger partial charge on any atom is 0.306 e. The van der Waals surface area contributed by atoms with E-state index in [2.05, 4.69) is 41.5 Å². The van der Waals surface area contributed by atoms with E-state index in [1.807, 2.05) is 0 Å². The summed E-state index contributed by atoms with van der Waals surface area (Å²) in [7, 11) is 0. The normalized spacial score (nSPS) is 12.5. The van der Waals surface area contributed by atoms with Crippen molar-refractivity contribution in [2.24, 2.45) is 17.8 Å². The van der Waals surface area contributed by atoms with E-state index in [1.54, 1.807) is 0 Å². The largest absolute Gasteiger partial charge is 0.462 e. The molecule has 0 aromatic heterocycles. The molecule has 0 aliphatic carbocycles. The zero-order chi connectivity index (χ0) is 49.8. The summed E-state index contributed by atoms with van der Waals surface area (Å²) in [6, 6.07) is 0. The molecule has 0 radical (unpaired) electrons. The molecular weight excluding hydrogens is 841 g/mol. The van der Waals surface area contributed by atoms with E-state index < -0.39 is 6.10 Å². The fraction of sp³-hybridized carbons (Fsp3) is 0.952. The van der Waals surface area contributed by atoms with Crippen LogP contribution in [0.4, 0.5) is 0 Å². The summed E-state index contributed by atoms with van der Waals surface area (Å²) >= 11 is 0. The minimum absolute atomic E-state index is 0.0634. The Hall–Kier alpha value is -1.59. The number of esters is 3. The van der Waals surface area contributed by atoms with E-state index in [0.717, 1.165) is 75.5 Å². The molecule has 0 aromatic rings. The molecule has 0 spiro atoms. The Balaban J connectivity index is 4.22. The van der Waals surface area contributed by atoms with Crippen LogP contribution in [0, 0.1) is 17.8 Å². The molecule has 0 aliphatic heterocycles. The van der Waals surface area contributed by atoms with Gasteiger partial charge in [-0.3, -0.25) is 14.4 Å². The van der Waals surface area contributed by atoms with Crippen molar-refractivity contribution in [2.45, 2.75) is 349 Å². The molecule has 1 unspecified atom stereocenters. The summed E-state index contributed by atoms with van der Waals surface area (Å²) in [5.74, 6) is 1.71. The Labute approximate surface area is 425 Å². The standard InChI is InChI=1S/C62H120O6/c1-7-58(6)50-44-38-32-25-21-17-12-10-8-9-11-13-18-22-26-33-39-45-51-60(63)66-54-59(55-67-61(64)52-46-40-34-29-28-31-37-43-49-57(4)5)68-62(65)53-47-41-35-27-23-19-15-14-16-20-24-30-36-42-48-56(2)3/h56-59H,7-55H2,1-6H3/t58?,59-/m0/s1. The summed E-state index contributed by atoms with van der Waals surface area (Å²) in [6.07, 6.45) is 56.8. The van der Waals surface area contributed by atoms with E-state index in [1.165, 1.54) is 225 Å². The number of carbonyl (C=O) groups excluding carboxylic acids is 3. The number of ether oxygens (including phenoxy) is 3. The van der Waals surface area contributed by atoms with E-state index in [9.17, 15) is 14.4 Å². The Morgan fingerprint density at radius 2 is 0.515 bits per heavy atom. The Morgan fingerprint density at radius 1 is 0.294 bits per heavy atom. The summed E-state index contributed by atoms with van der Waals surface area (Å²) < 4.78 is 16.9. The van der Waals surface area contributed by atoms with Crippen molar-refractivity contribution in [2.75, 3.05) is 13.2 Å². The van der Waals surface area contributed by atoms with Gasteiger partial charge in [-0.2, -0.15) is 0 Å². The van der Waals surface area contributed by atoms with Crippen LogP contribution < -0.4 is 0 Å². The zero-order valence-electron chi connectivity index (χ0n) is 46.9. The van der Waals surface area contributed by atoms with Crippen molar-refractivity contribution in [3.8, 4) is 0 Å². The van der Waals surface area contributed by atoms with Crippen molar-refractivity contribution in [1.29, 1.82) is 0 Å². The third-order valence-corrected chi connectivity index (χ3v) is 14.5. The van der Waals surface area contributed by atoms with Gasteiger partial charge in [-0.15, -0.1) is 0 Å². The zero-order valence-corrected chi connectivity index (χ0v) is 46.9. The molecule has 0 heterocycles. The topological polar surface area (TPSA) is 78.9 Å². The predicted octanol–water partition coefficient (Wildman–Crippen LogP) is 20.3. The van der Waals surface area contributed by atoms with Crippen molar-refractivity contribution in [3.63, 3.8) is 0 Å². The number of unbranched alkanes of at least 4 members (excludes halogenated alkanes) is 37. The van der Waals surface area contributed by atoms with Gasteiger partial charge >= 0.3 is 17.9 Å². The molecule has 0 saturated carbocycles. The Kier molecular flexibility index (Phi) is 52.0. The first-order valence-corrected chi connectivity index (χ1v) is 30.6. The van der Waals surface area contributed by atoms with E-state index in [4.69, 9.17) is 14.2 Å². The lowest BCUT2D eigenvalue weighted by Crippen LogP contribution is -2.30. The van der Waals surface area contributed by atoms with Crippen LogP contribution in [0.5, 0.6) is 0 Å². The second-order valence-electron chi connectivity index (χ2n) is 22.5. The lowest BCUT2D eigenvalue weighted by Gasteiger charge is -2.18. The number of hydrogen-bond acceptors (Lipinski definition) is 6. The highest BCUT2D eigenvalue weighted by Gasteiger charge is 2.19. The molecule has 0 amide bonds. The molecule has 0 rings (SSSR count). The summed E-state index contributed by atoms with van der Waals surface area (Å²) in [6.45, 7) is 13.8. The minimum atomic E-state index is -0.764. The molecule has 404 valence electrons. The Bertz CT molecular complexity index is 1060. The van der Waals surface area contributed by atoms with Crippen LogP contribution in [0.3, 0.4) is 0 Å². The molecular formula is C62H120O6. The van der Waals surface area contributed by atoms with Crippen molar-refractivity contribution in [1.82, 2.24) is 0 Å². The average Bonchev–Trinajstić information content (AvgIpc) is 3.31. The fourth-order valence-electron chi connectivity index (χ4n) is 9.50. The van der Waals surface area contributed by atoms with E-state index in [0.29, 0.717) is 19.3 Å². The molecule has 0 bridgehead atoms. The van der Waals surface area contributed by atoms with Crippen molar-refractivity contribution < 1.29 is 28.6 Å². The maximum atomic E-state index is 12.9. The number of rotatable bonds is 55. The molecule has 6 nitrogen and oxygen atoms in total. The first kappa shape index (κ1) is 66.4. The SMILES string of the molecule is CCC(C)CCCCCCCCCCCCCCCCCCCCC(=O)OC[C@@H](COC(=O)CCCCCCCCCCC(C)C)OC(=O)CCCCCCCCCCCCCCCCC(C)C. The van der Waals surface area contributed by atoms with Crippen LogP contribution in [-0.2, 0) is 28.6 Å². The van der Waals surface area contributed by atoms with Crippen LogP contribution in [0.1, 0.15) is 343 Å². The van der Waals surface area contributed by atoms with Gasteiger partial charge in [0.1, 0.15) is 13.2 Å². The highest BCUT2D eigenvalue weighted by Crippen LogP contribution is 2.19. The van der Waals surface area contributed by atoms with Gasteiger partial charge in [0.2, 0.25) is 0 Å². The molecule has 2 atom stereocenters. The van der Waals surface area contributed by atoms with Gasteiger partial charge in [0.15, 0.2) is 6.10 Å². The highest BCUT2D eigenvalue weighted by molar-refractivity contribution is 5.71. The average molecular weight is 962 g/mol. The lowest BCUT2D eigenvalue weighted by atomic mass is 9.99. The first-order chi connectivity index (χ1) is 33.1. The van der Waals surface area contributed by atoms with Crippen LogP contribution >= 0.6 is 0 Å². The summed E-state index contributed by atoms with van der Waals surface area (Å²) in [5, 5.41) is 0. The highest BCUT2D eigenvalue weighted by atomic mass is 16.6. The minimum Gasteiger partial charge on any atom is -0.462 e. The third-order valence-electron chi connectivity index (χ3n) is 14.5. The second-order valence-corrected chi connectivity index (χ2v) is 22.5. The second kappa shape index (κ2) is 53.2. The molecule has 0 saturated heterocycles. The summed E-state index contributed by atoms with van der Waals surface area (Å²) in [4.78, 5) is 38.2. The van der Waals surface area contributed by atoms with Crippen molar-refractivity contribution in [3.05, 3.63) is 0 Å². The van der Waals surface area contributed by atoms with Crippen LogP contribution in [0.25, 0.3) is 0 Å². The van der Waals surface area contributed by atoms with Crippen LogP contribution in [-0.4, -0.2) is 37.2 Å². The van der Waals surface area contributed by atoms with Gasteiger partial charge in [0, 0.05) is 19.3 Å². The van der Waals surface area contributed by atoms with Crippen LogP contribution in [0.2, 0.25) is 0 Å². The molecule has 68 heavy (non-hydrogen) atoms. The lowest BCUT2D eigenvalue weighted by molar-refractivity contribution is -0.167. The van der Waals surface area contributed by atoms with Gasteiger partial charge in [-0.05, 0) is 37.0 Å². The summed E-state index contributed by atoms with van der Waals surface area (Å²) in [5.41, 5.74) is 0. The Morgan fingerprint density at radius 3 is 0.765 bits per heavy atom. The van der Waals surface area contributed by atoms with Gasteiger partial charge in [0.25, 0.3) is 0 Å². The molecule has 0 fully saturated rings. The fourth-order valence-corrected chi connectivity index (χ4v) is 9.50. The van der Waals surface area contributed by atoms with Gasteiger partial charge in [0.05, 0.1) is 0 Å². The van der Waals surface area contributed by atoms with Gasteiger partial charge < -0.3 is 14.2 Å². The van der Waals surface area contributed by atoms with Gasteiger partial charge in [-0.25, -0.2) is 0 Å². The number of carbonyl (C=O) groups is 3. The number of hydrogen-bond donors (Lipinski definition) is 0. The molecule has 0 aromatic carbocycles. The van der Waals surface area contributed by atoms with Crippen molar-refractivity contribution >= 4 is 17.9 Å². The van der Waals surface area contributed by atoms with E-state index in [-0.39, 0.29) is 31.1 Å². The van der Waals surface area contributed by atoms with E-state index >= 15 is 0 Å². The van der Waals surface area contributed by atoms with Gasteiger partial charge in [-0.1, -0.05) is 305 Å². The third kappa shape index (κ3) is 53.8. The smallest absolute Gasteiger partial charge is 0.306 e.